The summed E-state index contributed by atoms with van der Waals surface area (Å²) in [5.74, 6) is 0. The van der Waals surface area contributed by atoms with Crippen molar-refractivity contribution in [3.05, 3.63) is 140 Å². The fourth-order valence-electron chi connectivity index (χ4n) is 3.72. The number of nitrogens with zero attached hydrogens (tertiary/aromatic N) is 5. The van der Waals surface area contributed by atoms with Crippen LogP contribution in [0.5, 0.6) is 0 Å². The number of hydrogen-bond acceptors (Lipinski definition) is 5. The van der Waals surface area contributed by atoms with E-state index in [9.17, 15) is 0 Å². The van der Waals surface area contributed by atoms with Crippen LogP contribution in [0, 0.1) is 0 Å². The molecule has 248 valence electrons. The van der Waals surface area contributed by atoms with Crippen molar-refractivity contribution in [3.8, 4) is 22.8 Å². The van der Waals surface area contributed by atoms with Gasteiger partial charge in [0.05, 0.1) is 33.8 Å². The summed E-state index contributed by atoms with van der Waals surface area (Å²) in [5.41, 5.74) is 5.83. The minimum absolute atomic E-state index is 0.915. The first-order valence-corrected chi connectivity index (χ1v) is 16.8. The summed E-state index contributed by atoms with van der Waals surface area (Å²) < 4.78 is 0. The molecule has 0 saturated carbocycles. The third-order valence-corrected chi connectivity index (χ3v) is 5.48. The third kappa shape index (κ3) is 14.6. The Hall–Kier alpha value is -5.23. The molecule has 0 saturated heterocycles. The van der Waals surface area contributed by atoms with Crippen LogP contribution in [-0.4, -0.2) is 29.9 Å². The van der Waals surface area contributed by atoms with Crippen molar-refractivity contribution < 1.29 is 0 Å². The Morgan fingerprint density at radius 1 is 0.340 bits per heavy atom. The zero-order chi connectivity index (χ0) is 35.1. The number of pyridine rings is 5. The molecule has 1 aromatic carbocycles. The van der Waals surface area contributed by atoms with Crippen LogP contribution in [0.15, 0.2) is 140 Å². The van der Waals surface area contributed by atoms with E-state index in [1.807, 2.05) is 154 Å². The quantitative estimate of drug-likeness (QED) is 0.192. The van der Waals surface area contributed by atoms with Gasteiger partial charge in [0.1, 0.15) is 0 Å². The molecule has 0 amide bonds. The molecule has 0 aliphatic carbocycles. The van der Waals surface area contributed by atoms with E-state index in [2.05, 4.69) is 54.2 Å². The highest BCUT2D eigenvalue weighted by Gasteiger charge is 2.00. The maximum Gasteiger partial charge on any atom is 0.0964 e. The predicted molar refractivity (Wildman–Crippen MR) is 205 cm³/mol. The van der Waals surface area contributed by atoms with Crippen molar-refractivity contribution in [2.75, 3.05) is 0 Å². The molecule has 1 N–H and O–H groups in total. The normalized spacial score (nSPS) is 8.64. The molecule has 7 aromatic rings. The number of nitrogens with one attached hydrogen (secondary N) is 1. The lowest BCUT2D eigenvalue weighted by atomic mass is 10.1. The van der Waals surface area contributed by atoms with Gasteiger partial charge in [0, 0.05) is 48.0 Å². The lowest BCUT2D eigenvalue weighted by Gasteiger charge is -2.00. The number of benzene rings is 1. The molecule has 6 nitrogen and oxygen atoms in total. The van der Waals surface area contributed by atoms with E-state index in [-0.39, 0.29) is 0 Å². The highest BCUT2D eigenvalue weighted by atomic mass is 14.8. The van der Waals surface area contributed by atoms with Crippen LogP contribution in [0.1, 0.15) is 69.2 Å². The maximum absolute atomic E-state index is 4.35. The molecule has 0 spiro atoms. The lowest BCUT2D eigenvalue weighted by Crippen LogP contribution is -1.83. The van der Waals surface area contributed by atoms with E-state index < -0.39 is 0 Å². The molecule has 6 heterocycles. The Morgan fingerprint density at radius 3 is 1.06 bits per heavy atom. The number of rotatable bonds is 2. The van der Waals surface area contributed by atoms with Crippen molar-refractivity contribution in [3.63, 3.8) is 0 Å². The Balaban J connectivity index is 0.000000598. The molecule has 6 heteroatoms. The standard InChI is InChI=1S/C12H8N2.C10H8N2.C9H8N2.5C2H6/c1-3-9-5-6-10-4-2-8-14-12(10)11(9)13-7-1;1-3-7-11-9(5-1)10-6-2-4-8-12-10;1-2-6-10-8(4-1)9-5-3-7-11-9;5*1-2/h1-8H;1-8H;1-7,11H;5*1-2H3. The highest BCUT2D eigenvalue weighted by Crippen LogP contribution is 2.20. The Morgan fingerprint density at radius 2 is 0.723 bits per heavy atom. The summed E-state index contributed by atoms with van der Waals surface area (Å²) in [4.78, 5) is 24.3. The Bertz CT molecular complexity index is 1560. The highest BCUT2D eigenvalue weighted by molar-refractivity contribution is 6.02. The smallest absolute Gasteiger partial charge is 0.0964 e. The fourth-order valence-corrected chi connectivity index (χ4v) is 3.72. The van der Waals surface area contributed by atoms with Gasteiger partial charge in [-0.05, 0) is 60.7 Å². The van der Waals surface area contributed by atoms with E-state index in [0.29, 0.717) is 0 Å². The van der Waals surface area contributed by atoms with Gasteiger partial charge < -0.3 is 4.98 Å². The molecule has 0 aliphatic heterocycles. The topological polar surface area (TPSA) is 80.2 Å². The molecule has 0 unspecified atom stereocenters. The van der Waals surface area contributed by atoms with Gasteiger partial charge in [-0.3, -0.25) is 24.9 Å². The number of hydrogen-bond donors (Lipinski definition) is 1. The van der Waals surface area contributed by atoms with E-state index in [0.717, 1.165) is 44.6 Å². The molecule has 0 radical (unpaired) electrons. The maximum atomic E-state index is 4.35. The first kappa shape index (κ1) is 41.8. The second-order valence-corrected chi connectivity index (χ2v) is 7.94. The van der Waals surface area contributed by atoms with E-state index in [1.165, 1.54) is 0 Å². The number of H-pyrrole nitrogens is 1. The van der Waals surface area contributed by atoms with Crippen molar-refractivity contribution >= 4 is 21.8 Å². The van der Waals surface area contributed by atoms with Gasteiger partial charge >= 0.3 is 0 Å². The average molecular weight is 631 g/mol. The van der Waals surface area contributed by atoms with Crippen molar-refractivity contribution in [2.45, 2.75) is 69.2 Å². The van der Waals surface area contributed by atoms with Gasteiger partial charge in [0.25, 0.3) is 0 Å². The molecule has 0 fully saturated rings. The van der Waals surface area contributed by atoms with Gasteiger partial charge in [-0.15, -0.1) is 0 Å². The summed E-state index contributed by atoms with van der Waals surface area (Å²) in [5, 5.41) is 2.28. The lowest BCUT2D eigenvalue weighted by molar-refractivity contribution is 1.25. The van der Waals surface area contributed by atoms with Crippen LogP contribution in [0.4, 0.5) is 0 Å². The van der Waals surface area contributed by atoms with Crippen LogP contribution in [-0.2, 0) is 0 Å². The zero-order valence-corrected chi connectivity index (χ0v) is 30.0. The third-order valence-electron chi connectivity index (χ3n) is 5.48. The fraction of sp³-hybridized carbons (Fsp3) is 0.244. The van der Waals surface area contributed by atoms with Crippen LogP contribution in [0.2, 0.25) is 0 Å². The van der Waals surface area contributed by atoms with Crippen LogP contribution >= 0.6 is 0 Å². The van der Waals surface area contributed by atoms with E-state index >= 15 is 0 Å². The first-order valence-electron chi connectivity index (χ1n) is 16.8. The van der Waals surface area contributed by atoms with Gasteiger partial charge in [-0.2, -0.15) is 0 Å². The molecular formula is C41H54N6. The van der Waals surface area contributed by atoms with Gasteiger partial charge in [-0.25, -0.2) is 0 Å². The van der Waals surface area contributed by atoms with Crippen molar-refractivity contribution in [1.29, 1.82) is 0 Å². The number of fused-ring (bicyclic) bond motifs is 3. The van der Waals surface area contributed by atoms with Crippen molar-refractivity contribution in [1.82, 2.24) is 29.9 Å². The summed E-state index contributed by atoms with van der Waals surface area (Å²) in [6.45, 7) is 20.0. The van der Waals surface area contributed by atoms with Crippen LogP contribution in [0.25, 0.3) is 44.6 Å². The number of aromatic nitrogens is 6. The zero-order valence-electron chi connectivity index (χ0n) is 30.0. The monoisotopic (exact) mass is 630 g/mol. The predicted octanol–water partition coefficient (Wildman–Crippen LogP) is 12.1. The van der Waals surface area contributed by atoms with Crippen LogP contribution in [0.3, 0.4) is 0 Å². The van der Waals surface area contributed by atoms with Crippen LogP contribution < -0.4 is 0 Å². The average Bonchev–Trinajstić information content (AvgIpc) is 3.76. The van der Waals surface area contributed by atoms with E-state index in [1.54, 1.807) is 31.0 Å². The largest absolute Gasteiger partial charge is 0.360 e. The van der Waals surface area contributed by atoms with Crippen molar-refractivity contribution in [2.24, 2.45) is 0 Å². The SMILES string of the molecule is CC.CC.CC.CC.CC.c1ccc(-c2ccc[nH]2)nc1.c1ccc(-c2ccccn2)nc1.c1cnc2c(c1)ccc1cccnc12. The molecule has 0 aliphatic rings. The minimum Gasteiger partial charge on any atom is -0.360 e. The molecule has 0 bridgehead atoms. The summed E-state index contributed by atoms with van der Waals surface area (Å²) in [6.07, 6.45) is 10.8. The van der Waals surface area contributed by atoms with Gasteiger partial charge in [-0.1, -0.05) is 112 Å². The van der Waals surface area contributed by atoms with E-state index in [4.69, 9.17) is 0 Å². The second kappa shape index (κ2) is 28.3. The minimum atomic E-state index is 0.915. The first-order chi connectivity index (χ1) is 23.4. The molecular weight excluding hydrogens is 576 g/mol. The molecule has 7 rings (SSSR count). The molecule has 47 heavy (non-hydrogen) atoms. The van der Waals surface area contributed by atoms with Gasteiger partial charge in [0.15, 0.2) is 0 Å². The van der Waals surface area contributed by atoms with Gasteiger partial charge in [0.2, 0.25) is 0 Å². The Kier molecular flexibility index (Phi) is 25.1. The molecule has 6 aromatic heterocycles. The molecule has 0 atom stereocenters. The number of aromatic amines is 1. The Labute approximate surface area is 283 Å². The summed E-state index contributed by atoms with van der Waals surface area (Å²) in [6, 6.07) is 33.6. The second-order valence-electron chi connectivity index (χ2n) is 7.94. The summed E-state index contributed by atoms with van der Waals surface area (Å²) in [7, 11) is 0. The summed E-state index contributed by atoms with van der Waals surface area (Å²) >= 11 is 0.